The molecule has 1 aromatic carbocycles. The normalized spacial score (nSPS) is 13.0. The molecule has 96 valence electrons. The summed E-state index contributed by atoms with van der Waals surface area (Å²) in [6, 6.07) is 7.55. The van der Waals surface area contributed by atoms with Crippen molar-refractivity contribution in [2.24, 2.45) is 5.73 Å². The van der Waals surface area contributed by atoms with Crippen LogP contribution in [-0.2, 0) is 9.47 Å². The predicted molar refractivity (Wildman–Crippen MR) is 70.3 cm³/mol. The minimum atomic E-state index is -0.0944. The largest absolute Gasteiger partial charge is 0.376 e. The summed E-state index contributed by atoms with van der Waals surface area (Å²) in [5.41, 5.74) is 6.73. The van der Waals surface area contributed by atoms with E-state index in [1.54, 1.807) is 0 Å². The Balaban J connectivity index is 2.40. The molecule has 0 radical (unpaired) electrons. The molecular formula is C13H20ClNO2. The van der Waals surface area contributed by atoms with Crippen molar-refractivity contribution < 1.29 is 9.47 Å². The third-order valence-corrected chi connectivity index (χ3v) is 2.56. The van der Waals surface area contributed by atoms with Gasteiger partial charge in [0.2, 0.25) is 0 Å². The van der Waals surface area contributed by atoms with Crippen molar-refractivity contribution in [1.82, 2.24) is 0 Å². The van der Waals surface area contributed by atoms with E-state index in [0.717, 1.165) is 5.56 Å². The van der Waals surface area contributed by atoms with Gasteiger partial charge in [0.15, 0.2) is 0 Å². The Bertz CT molecular complexity index is 314. The number of benzene rings is 1. The van der Waals surface area contributed by atoms with Gasteiger partial charge in [0, 0.05) is 11.6 Å². The summed E-state index contributed by atoms with van der Waals surface area (Å²) in [6.45, 7) is 5.58. The molecule has 0 fully saturated rings. The van der Waals surface area contributed by atoms with Crippen LogP contribution in [0.3, 0.4) is 0 Å². The molecule has 0 saturated heterocycles. The lowest BCUT2D eigenvalue weighted by Crippen LogP contribution is -2.19. The first-order valence-corrected chi connectivity index (χ1v) is 6.20. The molecule has 0 amide bonds. The van der Waals surface area contributed by atoms with Gasteiger partial charge in [-0.05, 0) is 31.5 Å². The van der Waals surface area contributed by atoms with Crippen molar-refractivity contribution in [1.29, 1.82) is 0 Å². The maximum Gasteiger partial charge on any atom is 0.0948 e. The van der Waals surface area contributed by atoms with E-state index in [-0.39, 0.29) is 12.2 Å². The summed E-state index contributed by atoms with van der Waals surface area (Å²) < 4.78 is 11.1. The monoisotopic (exact) mass is 257 g/mol. The average molecular weight is 258 g/mol. The zero-order valence-electron chi connectivity index (χ0n) is 10.4. The van der Waals surface area contributed by atoms with E-state index in [4.69, 9.17) is 26.8 Å². The quantitative estimate of drug-likeness (QED) is 0.764. The smallest absolute Gasteiger partial charge is 0.0948 e. The first-order chi connectivity index (χ1) is 8.13. The molecule has 4 heteroatoms. The van der Waals surface area contributed by atoms with Crippen LogP contribution in [0.25, 0.3) is 0 Å². The van der Waals surface area contributed by atoms with Gasteiger partial charge in [0.25, 0.3) is 0 Å². The van der Waals surface area contributed by atoms with E-state index >= 15 is 0 Å². The minimum absolute atomic E-state index is 0.0944. The molecule has 0 bridgehead atoms. The SMILES string of the molecule is CC(C)OCCOC(CN)c1ccc(Cl)cc1. The van der Waals surface area contributed by atoms with Crippen LogP contribution in [0.1, 0.15) is 25.5 Å². The number of ether oxygens (including phenoxy) is 2. The molecule has 0 heterocycles. The van der Waals surface area contributed by atoms with Crippen molar-refractivity contribution in [3.8, 4) is 0 Å². The maximum absolute atomic E-state index is 5.83. The van der Waals surface area contributed by atoms with Gasteiger partial charge in [0.1, 0.15) is 0 Å². The van der Waals surface area contributed by atoms with Crippen LogP contribution in [0.5, 0.6) is 0 Å². The Hall–Kier alpha value is -0.610. The minimum Gasteiger partial charge on any atom is -0.376 e. The lowest BCUT2D eigenvalue weighted by molar-refractivity contribution is -0.0104. The number of nitrogens with two attached hydrogens (primary N) is 1. The molecule has 1 rings (SSSR count). The molecule has 0 spiro atoms. The van der Waals surface area contributed by atoms with Crippen molar-refractivity contribution in [3.05, 3.63) is 34.9 Å². The molecular weight excluding hydrogens is 238 g/mol. The molecule has 0 aromatic heterocycles. The highest BCUT2D eigenvalue weighted by Gasteiger charge is 2.09. The summed E-state index contributed by atoms with van der Waals surface area (Å²) >= 11 is 5.83. The van der Waals surface area contributed by atoms with Gasteiger partial charge >= 0.3 is 0 Å². The summed E-state index contributed by atoms with van der Waals surface area (Å²) in [4.78, 5) is 0. The Morgan fingerprint density at radius 1 is 1.12 bits per heavy atom. The fraction of sp³-hybridized carbons (Fsp3) is 0.538. The molecule has 0 saturated carbocycles. The van der Waals surface area contributed by atoms with Crippen molar-refractivity contribution in [2.75, 3.05) is 19.8 Å². The highest BCUT2D eigenvalue weighted by Crippen LogP contribution is 2.18. The fourth-order valence-corrected chi connectivity index (χ4v) is 1.58. The number of hydrogen-bond donors (Lipinski definition) is 1. The number of hydrogen-bond acceptors (Lipinski definition) is 3. The first-order valence-electron chi connectivity index (χ1n) is 5.82. The predicted octanol–water partition coefficient (Wildman–Crippen LogP) is 2.78. The highest BCUT2D eigenvalue weighted by molar-refractivity contribution is 6.30. The number of rotatable bonds is 7. The summed E-state index contributed by atoms with van der Waals surface area (Å²) in [6.07, 6.45) is 0.133. The summed E-state index contributed by atoms with van der Waals surface area (Å²) in [5, 5.41) is 0.715. The third kappa shape index (κ3) is 5.50. The molecule has 1 atom stereocenters. The van der Waals surface area contributed by atoms with Crippen LogP contribution < -0.4 is 5.73 Å². The molecule has 0 aliphatic carbocycles. The van der Waals surface area contributed by atoms with Gasteiger partial charge in [-0.2, -0.15) is 0 Å². The zero-order valence-corrected chi connectivity index (χ0v) is 11.1. The third-order valence-electron chi connectivity index (χ3n) is 2.31. The molecule has 0 aliphatic rings. The second-order valence-electron chi connectivity index (χ2n) is 4.07. The lowest BCUT2D eigenvalue weighted by atomic mass is 10.1. The standard InChI is InChI=1S/C13H20ClNO2/c1-10(2)16-7-8-17-13(9-15)11-3-5-12(14)6-4-11/h3-6,10,13H,7-9,15H2,1-2H3. The number of halogens is 1. The van der Waals surface area contributed by atoms with Gasteiger partial charge in [-0.3, -0.25) is 0 Å². The Labute approximate surface area is 108 Å². The van der Waals surface area contributed by atoms with Gasteiger partial charge in [-0.1, -0.05) is 23.7 Å². The second kappa shape index (κ2) is 7.67. The molecule has 2 N–H and O–H groups in total. The summed E-state index contributed by atoms with van der Waals surface area (Å²) in [7, 11) is 0. The Morgan fingerprint density at radius 3 is 2.24 bits per heavy atom. The topological polar surface area (TPSA) is 44.5 Å². The van der Waals surface area contributed by atoms with E-state index in [0.29, 0.717) is 24.8 Å². The van der Waals surface area contributed by atoms with Crippen molar-refractivity contribution in [3.63, 3.8) is 0 Å². The van der Waals surface area contributed by atoms with E-state index in [2.05, 4.69) is 0 Å². The van der Waals surface area contributed by atoms with Crippen molar-refractivity contribution in [2.45, 2.75) is 26.1 Å². The van der Waals surface area contributed by atoms with Crippen molar-refractivity contribution >= 4 is 11.6 Å². The van der Waals surface area contributed by atoms with Gasteiger partial charge < -0.3 is 15.2 Å². The van der Waals surface area contributed by atoms with Gasteiger partial charge in [-0.25, -0.2) is 0 Å². The second-order valence-corrected chi connectivity index (χ2v) is 4.50. The maximum atomic E-state index is 5.83. The Morgan fingerprint density at radius 2 is 1.71 bits per heavy atom. The van der Waals surface area contributed by atoms with Gasteiger partial charge in [-0.15, -0.1) is 0 Å². The zero-order chi connectivity index (χ0) is 12.7. The van der Waals surface area contributed by atoms with E-state index < -0.39 is 0 Å². The summed E-state index contributed by atoms with van der Waals surface area (Å²) in [5.74, 6) is 0. The van der Waals surface area contributed by atoms with E-state index in [1.807, 2.05) is 38.1 Å². The Kier molecular flexibility index (Phi) is 6.52. The molecule has 0 aliphatic heterocycles. The molecule has 1 aromatic rings. The van der Waals surface area contributed by atoms with Gasteiger partial charge in [0.05, 0.1) is 25.4 Å². The van der Waals surface area contributed by atoms with Crippen LogP contribution in [-0.4, -0.2) is 25.9 Å². The van der Waals surface area contributed by atoms with Crippen LogP contribution in [0.2, 0.25) is 5.02 Å². The molecule has 1 unspecified atom stereocenters. The van der Waals surface area contributed by atoms with Crippen LogP contribution in [0.4, 0.5) is 0 Å². The van der Waals surface area contributed by atoms with Crippen LogP contribution >= 0.6 is 11.6 Å². The van der Waals surface area contributed by atoms with E-state index in [9.17, 15) is 0 Å². The highest BCUT2D eigenvalue weighted by atomic mass is 35.5. The first kappa shape index (κ1) is 14.5. The molecule has 3 nitrogen and oxygen atoms in total. The molecule has 17 heavy (non-hydrogen) atoms. The fourth-order valence-electron chi connectivity index (χ4n) is 1.45. The van der Waals surface area contributed by atoms with Crippen LogP contribution in [0, 0.1) is 0 Å². The average Bonchev–Trinajstić information content (AvgIpc) is 2.30. The van der Waals surface area contributed by atoms with E-state index in [1.165, 1.54) is 0 Å². The van der Waals surface area contributed by atoms with Crippen LogP contribution in [0.15, 0.2) is 24.3 Å². The lowest BCUT2D eigenvalue weighted by Gasteiger charge is -2.17.